The highest BCUT2D eigenvalue weighted by Gasteiger charge is 2.25. The molecule has 1 saturated carbocycles. The lowest BCUT2D eigenvalue weighted by Crippen LogP contribution is -2.42. The minimum atomic E-state index is -0.260. The molecule has 4 nitrogen and oxygen atoms in total. The van der Waals surface area contributed by atoms with Crippen molar-refractivity contribution < 1.29 is 14.3 Å². The van der Waals surface area contributed by atoms with E-state index in [-0.39, 0.29) is 18.1 Å². The minimum absolute atomic E-state index is 0.196. The monoisotopic (exact) mass is 285 g/mol. The van der Waals surface area contributed by atoms with Gasteiger partial charge in [0.25, 0.3) is 0 Å². The lowest BCUT2D eigenvalue weighted by Gasteiger charge is -2.31. The predicted molar refractivity (Wildman–Crippen MR) is 80.7 cm³/mol. The Morgan fingerprint density at radius 3 is 2.60 bits per heavy atom. The zero-order valence-electron chi connectivity index (χ0n) is 13.5. The summed E-state index contributed by atoms with van der Waals surface area (Å²) in [7, 11) is 1.44. The first-order valence-electron chi connectivity index (χ1n) is 8.04. The number of ether oxygens (including phenoxy) is 2. The van der Waals surface area contributed by atoms with Crippen LogP contribution in [-0.2, 0) is 14.3 Å². The summed E-state index contributed by atoms with van der Waals surface area (Å²) in [5, 5.41) is 3.24. The predicted octanol–water partition coefficient (Wildman–Crippen LogP) is 2.90. The van der Waals surface area contributed by atoms with Gasteiger partial charge in [0.2, 0.25) is 0 Å². The molecule has 0 aromatic heterocycles. The van der Waals surface area contributed by atoms with Gasteiger partial charge in [0, 0.05) is 12.6 Å². The molecule has 1 N–H and O–H groups in total. The molecule has 1 fully saturated rings. The number of carbonyl (C=O) groups excluding carboxylic acids is 1. The lowest BCUT2D eigenvalue weighted by atomic mass is 9.85. The summed E-state index contributed by atoms with van der Waals surface area (Å²) in [4.78, 5) is 11.7. The van der Waals surface area contributed by atoms with Crippen LogP contribution in [0.15, 0.2) is 0 Å². The molecule has 3 atom stereocenters. The van der Waals surface area contributed by atoms with E-state index in [1.807, 2.05) is 13.8 Å². The van der Waals surface area contributed by atoms with Crippen molar-refractivity contribution in [3.05, 3.63) is 0 Å². The van der Waals surface area contributed by atoms with Crippen LogP contribution in [0.4, 0.5) is 0 Å². The molecular weight excluding hydrogens is 254 g/mol. The SMILES string of the molecule is CCC1CCCCC1OCCC(NC(C)C)C(=O)OC. The van der Waals surface area contributed by atoms with E-state index in [4.69, 9.17) is 9.47 Å². The molecule has 0 heterocycles. The Bertz CT molecular complexity index is 281. The maximum Gasteiger partial charge on any atom is 0.322 e. The van der Waals surface area contributed by atoms with Crippen LogP contribution in [0.1, 0.15) is 59.3 Å². The number of methoxy groups -OCH3 is 1. The van der Waals surface area contributed by atoms with E-state index in [0.717, 1.165) is 0 Å². The van der Waals surface area contributed by atoms with E-state index < -0.39 is 0 Å². The van der Waals surface area contributed by atoms with Gasteiger partial charge in [-0.3, -0.25) is 4.79 Å². The molecule has 0 bridgehead atoms. The molecule has 0 radical (unpaired) electrons. The Morgan fingerprint density at radius 1 is 1.30 bits per heavy atom. The highest BCUT2D eigenvalue weighted by molar-refractivity contribution is 5.75. The van der Waals surface area contributed by atoms with Gasteiger partial charge in [0.1, 0.15) is 6.04 Å². The summed E-state index contributed by atoms with van der Waals surface area (Å²) >= 11 is 0. The summed E-state index contributed by atoms with van der Waals surface area (Å²) < 4.78 is 10.9. The van der Waals surface area contributed by atoms with Crippen molar-refractivity contribution in [2.24, 2.45) is 5.92 Å². The summed E-state index contributed by atoms with van der Waals surface area (Å²) in [6.07, 6.45) is 7.30. The van der Waals surface area contributed by atoms with Crippen molar-refractivity contribution in [2.45, 2.75) is 77.5 Å². The van der Waals surface area contributed by atoms with E-state index >= 15 is 0 Å². The number of hydrogen-bond acceptors (Lipinski definition) is 4. The van der Waals surface area contributed by atoms with Gasteiger partial charge >= 0.3 is 5.97 Å². The molecule has 0 aromatic rings. The summed E-state index contributed by atoms with van der Waals surface area (Å²) in [5.74, 6) is 0.497. The largest absolute Gasteiger partial charge is 0.468 e. The maximum absolute atomic E-state index is 11.7. The van der Waals surface area contributed by atoms with Crippen molar-refractivity contribution in [1.82, 2.24) is 5.32 Å². The zero-order chi connectivity index (χ0) is 15.0. The summed E-state index contributed by atoms with van der Waals surface area (Å²) in [6.45, 7) is 6.93. The molecule has 1 aliphatic rings. The van der Waals surface area contributed by atoms with Gasteiger partial charge in [0.05, 0.1) is 13.2 Å². The molecule has 118 valence electrons. The van der Waals surface area contributed by atoms with Crippen molar-refractivity contribution >= 4 is 5.97 Å². The fourth-order valence-electron chi connectivity index (χ4n) is 3.01. The Morgan fingerprint density at radius 2 is 2.00 bits per heavy atom. The van der Waals surface area contributed by atoms with Crippen LogP contribution in [0.25, 0.3) is 0 Å². The second-order valence-electron chi connectivity index (χ2n) is 6.05. The van der Waals surface area contributed by atoms with Gasteiger partial charge in [-0.25, -0.2) is 0 Å². The highest BCUT2D eigenvalue weighted by Crippen LogP contribution is 2.29. The van der Waals surface area contributed by atoms with E-state index in [1.165, 1.54) is 39.2 Å². The Balaban J connectivity index is 2.36. The topological polar surface area (TPSA) is 47.6 Å². The van der Waals surface area contributed by atoms with Crippen molar-refractivity contribution in [3.8, 4) is 0 Å². The molecule has 0 aliphatic heterocycles. The van der Waals surface area contributed by atoms with Gasteiger partial charge < -0.3 is 14.8 Å². The third kappa shape index (κ3) is 5.80. The second-order valence-corrected chi connectivity index (χ2v) is 6.05. The molecule has 20 heavy (non-hydrogen) atoms. The highest BCUT2D eigenvalue weighted by atomic mass is 16.5. The maximum atomic E-state index is 11.7. The van der Waals surface area contributed by atoms with Gasteiger partial charge in [0.15, 0.2) is 0 Å². The lowest BCUT2D eigenvalue weighted by molar-refractivity contribution is -0.144. The molecule has 0 saturated heterocycles. The van der Waals surface area contributed by atoms with Gasteiger partial charge in [-0.15, -0.1) is 0 Å². The van der Waals surface area contributed by atoms with Gasteiger partial charge in [-0.2, -0.15) is 0 Å². The molecule has 1 aliphatic carbocycles. The first-order chi connectivity index (χ1) is 9.58. The van der Waals surface area contributed by atoms with Crippen LogP contribution in [0.2, 0.25) is 0 Å². The van der Waals surface area contributed by atoms with E-state index in [9.17, 15) is 4.79 Å². The Hall–Kier alpha value is -0.610. The zero-order valence-corrected chi connectivity index (χ0v) is 13.5. The third-order valence-corrected chi connectivity index (χ3v) is 4.12. The van der Waals surface area contributed by atoms with Crippen LogP contribution in [0.3, 0.4) is 0 Å². The number of esters is 1. The van der Waals surface area contributed by atoms with Crippen LogP contribution < -0.4 is 5.32 Å². The third-order valence-electron chi connectivity index (χ3n) is 4.12. The molecule has 0 amide bonds. The molecular formula is C16H31NO3. The van der Waals surface area contributed by atoms with Crippen molar-refractivity contribution in [3.63, 3.8) is 0 Å². The fourth-order valence-corrected chi connectivity index (χ4v) is 3.01. The van der Waals surface area contributed by atoms with Crippen molar-refractivity contribution in [2.75, 3.05) is 13.7 Å². The van der Waals surface area contributed by atoms with Crippen LogP contribution >= 0.6 is 0 Å². The molecule has 3 unspecified atom stereocenters. The Kier molecular flexibility index (Phi) is 8.15. The summed E-state index contributed by atoms with van der Waals surface area (Å²) in [5.41, 5.74) is 0. The fraction of sp³-hybridized carbons (Fsp3) is 0.938. The van der Waals surface area contributed by atoms with E-state index in [1.54, 1.807) is 0 Å². The van der Waals surface area contributed by atoms with Crippen LogP contribution in [0, 0.1) is 5.92 Å². The summed E-state index contributed by atoms with van der Waals surface area (Å²) in [6, 6.07) is 0.000776. The smallest absolute Gasteiger partial charge is 0.322 e. The normalized spacial score (nSPS) is 24.6. The molecule has 1 rings (SSSR count). The minimum Gasteiger partial charge on any atom is -0.468 e. The first kappa shape index (κ1) is 17.4. The average molecular weight is 285 g/mol. The number of hydrogen-bond donors (Lipinski definition) is 1. The van der Waals surface area contributed by atoms with Crippen molar-refractivity contribution in [1.29, 1.82) is 0 Å². The molecule has 0 aromatic carbocycles. The number of rotatable bonds is 8. The number of carbonyl (C=O) groups is 1. The van der Waals surface area contributed by atoms with Crippen LogP contribution in [0.5, 0.6) is 0 Å². The van der Waals surface area contributed by atoms with Gasteiger partial charge in [-0.05, 0) is 25.2 Å². The first-order valence-corrected chi connectivity index (χ1v) is 8.04. The number of nitrogens with one attached hydrogen (secondary N) is 1. The van der Waals surface area contributed by atoms with Gasteiger partial charge in [-0.1, -0.05) is 40.0 Å². The van der Waals surface area contributed by atoms with Crippen LogP contribution in [-0.4, -0.2) is 37.9 Å². The molecule has 0 spiro atoms. The molecule has 4 heteroatoms. The Labute approximate surface area is 123 Å². The van der Waals surface area contributed by atoms with E-state index in [2.05, 4.69) is 12.2 Å². The quantitative estimate of drug-likeness (QED) is 0.697. The standard InChI is InChI=1S/C16H31NO3/c1-5-13-8-6-7-9-15(13)20-11-10-14(16(18)19-4)17-12(2)3/h12-15,17H,5-11H2,1-4H3. The average Bonchev–Trinajstić information content (AvgIpc) is 2.45. The second kappa shape index (κ2) is 9.35. The van der Waals surface area contributed by atoms with E-state index in [0.29, 0.717) is 25.0 Å².